The summed E-state index contributed by atoms with van der Waals surface area (Å²) in [7, 11) is 0. The fraction of sp³-hybridized carbons (Fsp3) is 0.273. The van der Waals surface area contributed by atoms with Crippen LogP contribution in [0.25, 0.3) is 21.9 Å². The molecule has 1 amide bonds. The number of unbranched alkanes of at least 4 members (excludes halogenated alkanes) is 1. The number of aryl methyl sites for hydroxylation is 1. The molecule has 1 heterocycles. The van der Waals surface area contributed by atoms with Gasteiger partial charge in [-0.2, -0.15) is 0 Å². The number of fused-ring (bicyclic) bond motifs is 1. The summed E-state index contributed by atoms with van der Waals surface area (Å²) in [5.41, 5.74) is 4.05. The Kier molecular flexibility index (Phi) is 9.99. The number of carbonyl (C=O) groups excluding carboxylic acids is 2. The van der Waals surface area contributed by atoms with E-state index in [2.05, 4.69) is 39.9 Å². The molecule has 0 radical (unpaired) electrons. The van der Waals surface area contributed by atoms with Crippen molar-refractivity contribution < 1.29 is 19.5 Å². The smallest absolute Gasteiger partial charge is 0.303 e. The molecule has 1 unspecified atom stereocenters. The highest BCUT2D eigenvalue weighted by Gasteiger charge is 2.20. The predicted octanol–water partition coefficient (Wildman–Crippen LogP) is 6.13. The number of rotatable bonds is 14. The molecular weight excluding hydrogens is 502 g/mol. The number of amides is 1. The molecule has 0 fully saturated rings. The molecule has 0 bridgehead atoms. The van der Waals surface area contributed by atoms with E-state index >= 15 is 0 Å². The third-order valence-electron chi connectivity index (χ3n) is 6.91. The lowest BCUT2D eigenvalue weighted by Crippen LogP contribution is -2.30. The Bertz CT molecular complexity index is 1460. The fourth-order valence-electron chi connectivity index (χ4n) is 4.82. The first-order valence-corrected chi connectivity index (χ1v) is 13.6. The van der Waals surface area contributed by atoms with Gasteiger partial charge in [0.05, 0.1) is 13.0 Å². The number of pyridine rings is 1. The van der Waals surface area contributed by atoms with Crippen molar-refractivity contribution in [3.05, 3.63) is 96.2 Å². The van der Waals surface area contributed by atoms with Crippen LogP contribution in [-0.4, -0.2) is 40.8 Å². The topological polar surface area (TPSA) is 108 Å². The Hall–Kier alpha value is -4.52. The quantitative estimate of drug-likeness (QED) is 0.167. The number of aromatic nitrogens is 1. The van der Waals surface area contributed by atoms with Crippen molar-refractivity contribution in [3.63, 3.8) is 0 Å². The van der Waals surface area contributed by atoms with Crippen molar-refractivity contribution in [3.8, 4) is 11.1 Å². The highest BCUT2D eigenvalue weighted by molar-refractivity contribution is 5.96. The Morgan fingerprint density at radius 2 is 1.68 bits per heavy atom. The molecule has 1 aromatic heterocycles. The molecule has 3 N–H and O–H groups in total. The van der Waals surface area contributed by atoms with E-state index in [-0.39, 0.29) is 31.1 Å². The minimum absolute atomic E-state index is 0.0492. The lowest BCUT2D eigenvalue weighted by Gasteiger charge is -2.16. The van der Waals surface area contributed by atoms with Crippen LogP contribution in [0.3, 0.4) is 0 Å². The normalized spacial score (nSPS) is 11.6. The molecule has 0 aliphatic heterocycles. The van der Waals surface area contributed by atoms with Gasteiger partial charge in [-0.1, -0.05) is 66.7 Å². The van der Waals surface area contributed by atoms with E-state index < -0.39 is 11.9 Å². The largest absolute Gasteiger partial charge is 0.481 e. The maximum atomic E-state index is 12.7. The van der Waals surface area contributed by atoms with Gasteiger partial charge in [0.1, 0.15) is 5.82 Å². The average molecular weight is 538 g/mol. The first-order valence-electron chi connectivity index (χ1n) is 13.6. The number of Topliss-reactive ketones (excluding diaryl/α,β-unsaturated/α-hetero) is 1. The van der Waals surface area contributed by atoms with Gasteiger partial charge in [-0.25, -0.2) is 4.98 Å². The zero-order valence-electron chi connectivity index (χ0n) is 22.7. The standard InChI is InChI=1S/C33H35N3O4/c1-23-16-18-35-31(19-23)34-17-5-4-11-32(38)36-22-28(37)20-27(21-33(39)40)24-12-14-26(15-13-24)30-10-6-8-25-7-2-3-9-29(25)30/h2-3,6-10,12-16,18-19,27H,4-5,11,17,20-22H2,1H3,(H,34,35)(H,36,38)(H,39,40). The van der Waals surface area contributed by atoms with Crippen LogP contribution >= 0.6 is 0 Å². The van der Waals surface area contributed by atoms with Gasteiger partial charge in [0, 0.05) is 31.5 Å². The van der Waals surface area contributed by atoms with E-state index in [4.69, 9.17) is 0 Å². The number of aliphatic carboxylic acids is 1. The average Bonchev–Trinajstić information content (AvgIpc) is 2.95. The number of carboxylic acids is 1. The summed E-state index contributed by atoms with van der Waals surface area (Å²) < 4.78 is 0. The SMILES string of the molecule is Cc1ccnc(NCCCCC(=O)NCC(=O)CC(CC(=O)O)c2ccc(-c3cccc4ccccc34)cc2)c1. The Morgan fingerprint density at radius 3 is 2.45 bits per heavy atom. The van der Waals surface area contributed by atoms with E-state index in [1.54, 1.807) is 6.20 Å². The van der Waals surface area contributed by atoms with E-state index in [1.165, 1.54) is 0 Å². The third-order valence-corrected chi connectivity index (χ3v) is 6.91. The second-order valence-corrected chi connectivity index (χ2v) is 10.1. The summed E-state index contributed by atoms with van der Waals surface area (Å²) in [6.07, 6.45) is 3.45. The highest BCUT2D eigenvalue weighted by atomic mass is 16.4. The van der Waals surface area contributed by atoms with Crippen molar-refractivity contribution >= 4 is 34.3 Å². The molecule has 4 rings (SSSR count). The van der Waals surface area contributed by atoms with Gasteiger partial charge < -0.3 is 15.7 Å². The number of hydrogen-bond donors (Lipinski definition) is 3. The van der Waals surface area contributed by atoms with E-state index in [0.717, 1.165) is 45.3 Å². The van der Waals surface area contributed by atoms with Crippen LogP contribution in [0.2, 0.25) is 0 Å². The van der Waals surface area contributed by atoms with Gasteiger partial charge in [0.2, 0.25) is 5.91 Å². The predicted molar refractivity (Wildman–Crippen MR) is 158 cm³/mol. The fourth-order valence-corrected chi connectivity index (χ4v) is 4.82. The van der Waals surface area contributed by atoms with Gasteiger partial charge in [-0.05, 0) is 64.9 Å². The number of nitrogens with zero attached hydrogens (tertiary/aromatic N) is 1. The van der Waals surface area contributed by atoms with Crippen LogP contribution in [0, 0.1) is 6.92 Å². The van der Waals surface area contributed by atoms with Crippen LogP contribution < -0.4 is 10.6 Å². The number of nitrogens with one attached hydrogen (secondary N) is 2. The molecule has 0 spiro atoms. The molecule has 3 aromatic carbocycles. The van der Waals surface area contributed by atoms with E-state index in [1.807, 2.05) is 61.5 Å². The number of anilines is 1. The number of carbonyl (C=O) groups is 3. The lowest BCUT2D eigenvalue weighted by molar-refractivity contribution is -0.137. The first-order chi connectivity index (χ1) is 19.4. The van der Waals surface area contributed by atoms with Gasteiger partial charge in [-0.15, -0.1) is 0 Å². The van der Waals surface area contributed by atoms with Crippen LogP contribution in [0.4, 0.5) is 5.82 Å². The van der Waals surface area contributed by atoms with Crippen molar-refractivity contribution in [2.45, 2.75) is 44.9 Å². The maximum absolute atomic E-state index is 12.7. The summed E-state index contributed by atoms with van der Waals surface area (Å²) in [6.45, 7) is 2.61. The van der Waals surface area contributed by atoms with Gasteiger partial charge >= 0.3 is 5.97 Å². The van der Waals surface area contributed by atoms with E-state index in [9.17, 15) is 19.5 Å². The molecular formula is C33H35N3O4. The molecule has 0 aliphatic carbocycles. The molecule has 4 aromatic rings. The second kappa shape index (κ2) is 14.0. The Balaban J connectivity index is 1.26. The summed E-state index contributed by atoms with van der Waals surface area (Å²) in [5, 5.41) is 17.7. The van der Waals surface area contributed by atoms with Crippen molar-refractivity contribution in [2.24, 2.45) is 0 Å². The lowest BCUT2D eigenvalue weighted by atomic mass is 9.89. The molecule has 7 heteroatoms. The van der Waals surface area contributed by atoms with E-state index in [0.29, 0.717) is 19.4 Å². The monoisotopic (exact) mass is 537 g/mol. The number of carboxylic acid groups (broad SMARTS) is 1. The third kappa shape index (κ3) is 8.24. The minimum atomic E-state index is -0.963. The summed E-state index contributed by atoms with van der Waals surface area (Å²) in [4.78, 5) is 40.7. The number of benzene rings is 3. The number of hydrogen-bond acceptors (Lipinski definition) is 5. The molecule has 0 saturated carbocycles. The second-order valence-electron chi connectivity index (χ2n) is 10.1. The molecule has 0 saturated heterocycles. The first kappa shape index (κ1) is 28.5. The van der Waals surface area contributed by atoms with Crippen LogP contribution in [0.5, 0.6) is 0 Å². The van der Waals surface area contributed by atoms with Crippen LogP contribution in [0.1, 0.15) is 49.1 Å². The van der Waals surface area contributed by atoms with Crippen molar-refractivity contribution in [2.75, 3.05) is 18.4 Å². The zero-order valence-corrected chi connectivity index (χ0v) is 22.7. The van der Waals surface area contributed by atoms with Crippen molar-refractivity contribution in [1.82, 2.24) is 10.3 Å². The van der Waals surface area contributed by atoms with Crippen LogP contribution in [0.15, 0.2) is 85.1 Å². The van der Waals surface area contributed by atoms with Gasteiger partial charge in [-0.3, -0.25) is 14.4 Å². The Morgan fingerprint density at radius 1 is 0.900 bits per heavy atom. The summed E-state index contributed by atoms with van der Waals surface area (Å²) in [6, 6.07) is 26.0. The molecule has 0 aliphatic rings. The molecule has 206 valence electrons. The van der Waals surface area contributed by atoms with Crippen LogP contribution in [-0.2, 0) is 14.4 Å². The Labute approximate surface area is 234 Å². The minimum Gasteiger partial charge on any atom is -0.481 e. The van der Waals surface area contributed by atoms with Crippen molar-refractivity contribution in [1.29, 1.82) is 0 Å². The maximum Gasteiger partial charge on any atom is 0.303 e. The molecule has 7 nitrogen and oxygen atoms in total. The molecule has 40 heavy (non-hydrogen) atoms. The van der Waals surface area contributed by atoms with Gasteiger partial charge in [0.15, 0.2) is 5.78 Å². The summed E-state index contributed by atoms with van der Waals surface area (Å²) in [5.74, 6) is -0.991. The van der Waals surface area contributed by atoms with Gasteiger partial charge in [0.25, 0.3) is 0 Å². The highest BCUT2D eigenvalue weighted by Crippen LogP contribution is 2.31. The molecule has 1 atom stereocenters. The summed E-state index contributed by atoms with van der Waals surface area (Å²) >= 11 is 0. The number of ketones is 1. The zero-order chi connectivity index (χ0) is 28.3.